The molecule has 0 saturated heterocycles. The summed E-state index contributed by atoms with van der Waals surface area (Å²) in [6.45, 7) is 2.97. The number of nitrogens with two attached hydrogens (primary N) is 1. The molecule has 1 aliphatic rings. The molecule has 1 aromatic carbocycles. The van der Waals surface area contributed by atoms with E-state index in [1.54, 1.807) is 7.11 Å². The van der Waals surface area contributed by atoms with E-state index in [2.05, 4.69) is 6.92 Å². The molecule has 0 aromatic heterocycles. The first-order chi connectivity index (χ1) is 8.61. The van der Waals surface area contributed by atoms with Gasteiger partial charge in [0.05, 0.1) is 13.7 Å². The third kappa shape index (κ3) is 3.39. The number of hydrogen-bond acceptors (Lipinski definition) is 3. The van der Waals surface area contributed by atoms with Gasteiger partial charge in [0.2, 0.25) is 0 Å². The smallest absolute Gasteiger partial charge is 0.119 e. The fourth-order valence-electron chi connectivity index (χ4n) is 2.70. The number of methoxy groups -OCH3 is 1. The molecule has 0 heterocycles. The van der Waals surface area contributed by atoms with Gasteiger partial charge in [0.1, 0.15) is 11.5 Å². The van der Waals surface area contributed by atoms with Crippen molar-refractivity contribution in [1.29, 1.82) is 0 Å². The zero-order valence-corrected chi connectivity index (χ0v) is 11.3. The first-order valence-corrected chi connectivity index (χ1v) is 6.67. The van der Waals surface area contributed by atoms with Crippen molar-refractivity contribution < 1.29 is 9.47 Å². The molecular formula is C15H23NO2. The maximum Gasteiger partial charge on any atom is 0.119 e. The third-order valence-electron chi connectivity index (χ3n) is 3.82. The van der Waals surface area contributed by atoms with Crippen LogP contribution < -0.4 is 15.2 Å². The quantitative estimate of drug-likeness (QED) is 0.872. The van der Waals surface area contributed by atoms with Gasteiger partial charge in [0, 0.05) is 5.54 Å². The number of ether oxygens (including phenoxy) is 2. The highest BCUT2D eigenvalue weighted by Crippen LogP contribution is 2.34. The topological polar surface area (TPSA) is 44.5 Å². The second-order valence-corrected chi connectivity index (χ2v) is 5.48. The van der Waals surface area contributed by atoms with Gasteiger partial charge in [-0.25, -0.2) is 0 Å². The Hall–Kier alpha value is -1.22. The average molecular weight is 249 g/mol. The van der Waals surface area contributed by atoms with Crippen LogP contribution in [0.1, 0.15) is 32.6 Å². The van der Waals surface area contributed by atoms with Crippen LogP contribution in [0.4, 0.5) is 0 Å². The highest BCUT2D eigenvalue weighted by atomic mass is 16.5. The lowest BCUT2D eigenvalue weighted by molar-refractivity contribution is 0.255. The van der Waals surface area contributed by atoms with Gasteiger partial charge in [-0.15, -0.1) is 0 Å². The summed E-state index contributed by atoms with van der Waals surface area (Å²) in [6.07, 6.45) is 4.43. The van der Waals surface area contributed by atoms with Crippen LogP contribution in [-0.4, -0.2) is 19.3 Å². The van der Waals surface area contributed by atoms with Gasteiger partial charge in [-0.05, 0) is 55.9 Å². The summed E-state index contributed by atoms with van der Waals surface area (Å²) in [4.78, 5) is 0. The highest BCUT2D eigenvalue weighted by Gasteiger charge is 2.33. The molecule has 100 valence electrons. The van der Waals surface area contributed by atoms with Gasteiger partial charge in [0.15, 0.2) is 0 Å². The Balaban J connectivity index is 1.77. The van der Waals surface area contributed by atoms with Gasteiger partial charge in [-0.3, -0.25) is 0 Å². The van der Waals surface area contributed by atoms with E-state index in [1.165, 1.54) is 6.42 Å². The van der Waals surface area contributed by atoms with Crippen molar-refractivity contribution in [3.63, 3.8) is 0 Å². The summed E-state index contributed by atoms with van der Waals surface area (Å²) in [5.74, 6) is 2.49. The molecule has 2 atom stereocenters. The third-order valence-corrected chi connectivity index (χ3v) is 3.82. The SMILES string of the molecule is COc1ccc(OCCC2(N)CCC(C)C2)cc1. The highest BCUT2D eigenvalue weighted by molar-refractivity contribution is 5.31. The zero-order valence-electron chi connectivity index (χ0n) is 11.3. The summed E-state index contributed by atoms with van der Waals surface area (Å²) in [5, 5.41) is 0. The Kier molecular flexibility index (Phi) is 4.12. The van der Waals surface area contributed by atoms with E-state index < -0.39 is 0 Å². The predicted molar refractivity (Wildman–Crippen MR) is 73.0 cm³/mol. The summed E-state index contributed by atoms with van der Waals surface area (Å²) in [5.41, 5.74) is 6.35. The summed E-state index contributed by atoms with van der Waals surface area (Å²) >= 11 is 0. The van der Waals surface area contributed by atoms with Crippen LogP contribution in [-0.2, 0) is 0 Å². The molecule has 18 heavy (non-hydrogen) atoms. The molecular weight excluding hydrogens is 226 g/mol. The monoisotopic (exact) mass is 249 g/mol. The van der Waals surface area contributed by atoms with Crippen molar-refractivity contribution in [2.24, 2.45) is 11.7 Å². The lowest BCUT2D eigenvalue weighted by atomic mass is 9.94. The van der Waals surface area contributed by atoms with Crippen molar-refractivity contribution in [3.05, 3.63) is 24.3 Å². The molecule has 2 unspecified atom stereocenters. The fraction of sp³-hybridized carbons (Fsp3) is 0.600. The number of hydrogen-bond donors (Lipinski definition) is 1. The van der Waals surface area contributed by atoms with Gasteiger partial charge < -0.3 is 15.2 Å². The Morgan fingerprint density at radius 2 is 1.94 bits per heavy atom. The second kappa shape index (κ2) is 5.61. The lowest BCUT2D eigenvalue weighted by Gasteiger charge is -2.23. The zero-order chi connectivity index (χ0) is 13.0. The van der Waals surface area contributed by atoms with E-state index in [9.17, 15) is 0 Å². The first-order valence-electron chi connectivity index (χ1n) is 6.67. The van der Waals surface area contributed by atoms with Crippen LogP contribution in [0.15, 0.2) is 24.3 Å². The van der Waals surface area contributed by atoms with Crippen LogP contribution in [0, 0.1) is 5.92 Å². The molecule has 1 aromatic rings. The minimum atomic E-state index is -0.00805. The minimum Gasteiger partial charge on any atom is -0.497 e. The molecule has 1 aliphatic carbocycles. The molecule has 3 nitrogen and oxygen atoms in total. The molecule has 0 radical (unpaired) electrons. The van der Waals surface area contributed by atoms with E-state index in [4.69, 9.17) is 15.2 Å². The van der Waals surface area contributed by atoms with E-state index in [0.29, 0.717) is 6.61 Å². The molecule has 2 N–H and O–H groups in total. The predicted octanol–water partition coefficient (Wildman–Crippen LogP) is 2.98. The number of benzene rings is 1. The molecule has 0 bridgehead atoms. The molecule has 1 fully saturated rings. The van der Waals surface area contributed by atoms with Crippen molar-refractivity contribution >= 4 is 0 Å². The van der Waals surface area contributed by atoms with Crippen molar-refractivity contribution in [2.75, 3.05) is 13.7 Å². The van der Waals surface area contributed by atoms with Gasteiger partial charge in [0.25, 0.3) is 0 Å². The van der Waals surface area contributed by atoms with E-state index >= 15 is 0 Å². The van der Waals surface area contributed by atoms with Crippen LogP contribution >= 0.6 is 0 Å². The Bertz CT molecular complexity index is 377. The van der Waals surface area contributed by atoms with Crippen molar-refractivity contribution in [3.8, 4) is 11.5 Å². The second-order valence-electron chi connectivity index (χ2n) is 5.48. The summed E-state index contributed by atoms with van der Waals surface area (Å²) < 4.78 is 10.8. The van der Waals surface area contributed by atoms with E-state index in [0.717, 1.165) is 36.7 Å². The van der Waals surface area contributed by atoms with Gasteiger partial charge >= 0.3 is 0 Å². The van der Waals surface area contributed by atoms with Crippen molar-refractivity contribution in [2.45, 2.75) is 38.1 Å². The fourth-order valence-corrected chi connectivity index (χ4v) is 2.70. The van der Waals surface area contributed by atoms with E-state index in [-0.39, 0.29) is 5.54 Å². The normalized spacial score (nSPS) is 27.2. The Labute approximate surface area is 109 Å². The van der Waals surface area contributed by atoms with Crippen LogP contribution in [0.25, 0.3) is 0 Å². The maximum atomic E-state index is 6.36. The number of rotatable bonds is 5. The van der Waals surface area contributed by atoms with E-state index in [1.807, 2.05) is 24.3 Å². The Morgan fingerprint density at radius 1 is 1.28 bits per heavy atom. The molecule has 2 rings (SSSR count). The summed E-state index contributed by atoms with van der Waals surface area (Å²) in [7, 11) is 1.66. The lowest BCUT2D eigenvalue weighted by Crippen LogP contribution is -2.38. The van der Waals surface area contributed by atoms with Crippen molar-refractivity contribution in [1.82, 2.24) is 0 Å². The molecule has 0 amide bonds. The van der Waals surface area contributed by atoms with Crippen LogP contribution in [0.5, 0.6) is 11.5 Å². The molecule has 0 spiro atoms. The first kappa shape index (κ1) is 13.2. The van der Waals surface area contributed by atoms with Gasteiger partial charge in [-0.1, -0.05) is 6.92 Å². The molecule has 3 heteroatoms. The minimum absolute atomic E-state index is 0.00805. The maximum absolute atomic E-state index is 6.36. The van der Waals surface area contributed by atoms with Crippen LogP contribution in [0.3, 0.4) is 0 Å². The Morgan fingerprint density at radius 3 is 2.50 bits per heavy atom. The molecule has 1 saturated carbocycles. The van der Waals surface area contributed by atoms with Crippen LogP contribution in [0.2, 0.25) is 0 Å². The van der Waals surface area contributed by atoms with Gasteiger partial charge in [-0.2, -0.15) is 0 Å². The molecule has 0 aliphatic heterocycles. The largest absolute Gasteiger partial charge is 0.497 e. The summed E-state index contributed by atoms with van der Waals surface area (Å²) in [6, 6.07) is 7.68. The average Bonchev–Trinajstić information content (AvgIpc) is 2.70. The standard InChI is InChI=1S/C15H23NO2/c1-12-7-8-15(16,11-12)9-10-18-14-5-3-13(17-2)4-6-14/h3-6,12H,7-11,16H2,1-2H3.